The summed E-state index contributed by atoms with van der Waals surface area (Å²) < 4.78 is 51.7. The third-order valence-corrected chi connectivity index (χ3v) is 2.72. The Labute approximate surface area is 107 Å². The molecule has 0 atom stereocenters. The first-order chi connectivity index (χ1) is 8.97. The smallest absolute Gasteiger partial charge is 0.194 e. The molecule has 2 rings (SSSR count). The fraction of sp³-hybridized carbons (Fsp3) is 0.143. The lowest BCUT2D eigenvalue weighted by atomic mass is 10.1. The van der Waals surface area contributed by atoms with Crippen LogP contribution in [0.25, 0.3) is 0 Å². The van der Waals surface area contributed by atoms with E-state index in [0.717, 1.165) is 12.1 Å². The van der Waals surface area contributed by atoms with Crippen molar-refractivity contribution in [1.29, 1.82) is 0 Å². The van der Waals surface area contributed by atoms with Gasteiger partial charge in [-0.25, -0.2) is 17.6 Å². The number of benzene rings is 2. The van der Waals surface area contributed by atoms with Crippen molar-refractivity contribution in [3.8, 4) is 0 Å². The van der Waals surface area contributed by atoms with E-state index < -0.39 is 17.5 Å². The second-order valence-electron chi connectivity index (χ2n) is 4.19. The Kier molecular flexibility index (Phi) is 3.74. The predicted molar refractivity (Wildman–Crippen MR) is 64.8 cm³/mol. The molecular weight excluding hydrogens is 258 g/mol. The second kappa shape index (κ2) is 5.30. The van der Waals surface area contributed by atoms with Crippen LogP contribution < -0.4 is 5.32 Å². The van der Waals surface area contributed by atoms with Crippen LogP contribution in [-0.4, -0.2) is 0 Å². The SMILES string of the molecule is Cc1cc(F)ccc1NCc1cc(F)c(F)c(F)c1. The molecule has 0 unspecified atom stereocenters. The summed E-state index contributed by atoms with van der Waals surface area (Å²) in [7, 11) is 0. The number of nitrogens with one attached hydrogen (secondary N) is 1. The first-order valence-electron chi connectivity index (χ1n) is 5.61. The fourth-order valence-electron chi connectivity index (χ4n) is 1.73. The monoisotopic (exact) mass is 269 g/mol. The summed E-state index contributed by atoms with van der Waals surface area (Å²) in [4.78, 5) is 0. The summed E-state index contributed by atoms with van der Waals surface area (Å²) in [5.74, 6) is -4.30. The minimum Gasteiger partial charge on any atom is -0.381 e. The molecule has 0 aliphatic heterocycles. The van der Waals surface area contributed by atoms with Crippen molar-refractivity contribution in [3.05, 3.63) is 64.7 Å². The van der Waals surface area contributed by atoms with Crippen LogP contribution in [-0.2, 0) is 6.54 Å². The van der Waals surface area contributed by atoms with Crippen LogP contribution in [0.15, 0.2) is 30.3 Å². The molecule has 0 saturated carbocycles. The van der Waals surface area contributed by atoms with E-state index in [0.29, 0.717) is 11.3 Å². The van der Waals surface area contributed by atoms with Crippen LogP contribution >= 0.6 is 0 Å². The van der Waals surface area contributed by atoms with Crippen LogP contribution in [0, 0.1) is 30.2 Å². The number of hydrogen-bond donors (Lipinski definition) is 1. The Morgan fingerprint density at radius 3 is 2.16 bits per heavy atom. The largest absolute Gasteiger partial charge is 0.381 e. The van der Waals surface area contributed by atoms with Crippen molar-refractivity contribution in [2.45, 2.75) is 13.5 Å². The molecule has 5 heteroatoms. The van der Waals surface area contributed by atoms with E-state index >= 15 is 0 Å². The Morgan fingerprint density at radius 2 is 1.58 bits per heavy atom. The number of anilines is 1. The average molecular weight is 269 g/mol. The maximum Gasteiger partial charge on any atom is 0.194 e. The zero-order chi connectivity index (χ0) is 14.0. The van der Waals surface area contributed by atoms with Gasteiger partial charge in [0.25, 0.3) is 0 Å². The third kappa shape index (κ3) is 3.05. The summed E-state index contributed by atoms with van der Waals surface area (Å²) in [6.45, 7) is 1.82. The van der Waals surface area contributed by atoms with E-state index in [1.54, 1.807) is 6.92 Å². The molecule has 0 aliphatic rings. The van der Waals surface area contributed by atoms with Gasteiger partial charge in [0, 0.05) is 12.2 Å². The van der Waals surface area contributed by atoms with Crippen LogP contribution in [0.4, 0.5) is 23.2 Å². The Bertz CT molecular complexity index is 587. The van der Waals surface area contributed by atoms with Gasteiger partial charge in [-0.1, -0.05) is 0 Å². The molecule has 0 amide bonds. The molecule has 0 saturated heterocycles. The molecule has 0 aromatic heterocycles. The van der Waals surface area contributed by atoms with E-state index in [9.17, 15) is 17.6 Å². The molecule has 0 fully saturated rings. The zero-order valence-electron chi connectivity index (χ0n) is 10.1. The van der Waals surface area contributed by atoms with E-state index in [4.69, 9.17) is 0 Å². The molecule has 0 bridgehead atoms. The lowest BCUT2D eigenvalue weighted by Crippen LogP contribution is -2.03. The third-order valence-electron chi connectivity index (χ3n) is 2.72. The van der Waals surface area contributed by atoms with Crippen LogP contribution in [0.3, 0.4) is 0 Å². The van der Waals surface area contributed by atoms with Gasteiger partial charge >= 0.3 is 0 Å². The van der Waals surface area contributed by atoms with Crippen molar-refractivity contribution in [3.63, 3.8) is 0 Å². The van der Waals surface area contributed by atoms with E-state index in [1.807, 2.05) is 0 Å². The second-order valence-corrected chi connectivity index (χ2v) is 4.19. The molecule has 0 spiro atoms. The Hall–Kier alpha value is -2.04. The first-order valence-corrected chi connectivity index (χ1v) is 5.61. The molecule has 0 aliphatic carbocycles. The average Bonchev–Trinajstić information content (AvgIpc) is 2.34. The lowest BCUT2D eigenvalue weighted by molar-refractivity contribution is 0.445. The molecule has 100 valence electrons. The molecule has 19 heavy (non-hydrogen) atoms. The van der Waals surface area contributed by atoms with Gasteiger partial charge < -0.3 is 5.32 Å². The maximum atomic E-state index is 13.0. The summed E-state index contributed by atoms with van der Waals surface area (Å²) >= 11 is 0. The number of rotatable bonds is 3. The van der Waals surface area contributed by atoms with Gasteiger partial charge in [-0.3, -0.25) is 0 Å². The molecule has 0 radical (unpaired) electrons. The van der Waals surface area contributed by atoms with Gasteiger partial charge in [0.15, 0.2) is 17.5 Å². The predicted octanol–water partition coefficient (Wildman–Crippen LogP) is 4.16. The highest BCUT2D eigenvalue weighted by Crippen LogP contribution is 2.18. The van der Waals surface area contributed by atoms with Gasteiger partial charge in [-0.2, -0.15) is 0 Å². The minimum absolute atomic E-state index is 0.112. The van der Waals surface area contributed by atoms with Gasteiger partial charge in [-0.05, 0) is 48.4 Å². The topological polar surface area (TPSA) is 12.0 Å². The van der Waals surface area contributed by atoms with Crippen LogP contribution in [0.2, 0.25) is 0 Å². The highest BCUT2D eigenvalue weighted by molar-refractivity contribution is 5.50. The molecule has 2 aromatic rings. The lowest BCUT2D eigenvalue weighted by Gasteiger charge is -2.10. The molecule has 0 heterocycles. The minimum atomic E-state index is -1.48. The highest BCUT2D eigenvalue weighted by atomic mass is 19.2. The fourth-order valence-corrected chi connectivity index (χ4v) is 1.73. The van der Waals surface area contributed by atoms with Gasteiger partial charge in [0.05, 0.1) is 0 Å². The first kappa shape index (κ1) is 13.4. The number of hydrogen-bond acceptors (Lipinski definition) is 1. The number of halogens is 4. The molecule has 1 nitrogen and oxygen atoms in total. The molecule has 2 aromatic carbocycles. The van der Waals surface area contributed by atoms with Gasteiger partial charge in [-0.15, -0.1) is 0 Å². The van der Waals surface area contributed by atoms with Crippen LogP contribution in [0.5, 0.6) is 0 Å². The van der Waals surface area contributed by atoms with E-state index in [2.05, 4.69) is 5.32 Å². The van der Waals surface area contributed by atoms with Crippen molar-refractivity contribution >= 4 is 5.69 Å². The summed E-state index contributed by atoms with van der Waals surface area (Å²) in [5.41, 5.74) is 1.58. The quantitative estimate of drug-likeness (QED) is 0.651. The van der Waals surface area contributed by atoms with Crippen molar-refractivity contribution in [1.82, 2.24) is 0 Å². The maximum absolute atomic E-state index is 13.0. The standard InChI is InChI=1S/C14H11F4N/c1-8-4-10(15)2-3-13(8)19-7-9-5-11(16)14(18)12(17)6-9/h2-6,19H,7H2,1H3. The number of aryl methyl sites for hydroxylation is 1. The summed E-state index contributed by atoms with van der Waals surface area (Å²) in [6, 6.07) is 5.99. The van der Waals surface area contributed by atoms with E-state index in [1.165, 1.54) is 18.2 Å². The Balaban J connectivity index is 2.14. The highest BCUT2D eigenvalue weighted by Gasteiger charge is 2.10. The summed E-state index contributed by atoms with van der Waals surface area (Å²) in [5, 5.41) is 2.91. The Morgan fingerprint density at radius 1 is 0.947 bits per heavy atom. The van der Waals surface area contributed by atoms with Crippen LogP contribution in [0.1, 0.15) is 11.1 Å². The normalized spacial score (nSPS) is 10.6. The van der Waals surface area contributed by atoms with E-state index in [-0.39, 0.29) is 17.9 Å². The summed E-state index contributed by atoms with van der Waals surface area (Å²) in [6.07, 6.45) is 0. The molecule has 1 N–H and O–H groups in total. The van der Waals surface area contributed by atoms with Gasteiger partial charge in [0.1, 0.15) is 5.82 Å². The van der Waals surface area contributed by atoms with Crippen molar-refractivity contribution in [2.24, 2.45) is 0 Å². The molecular formula is C14H11F4N. The zero-order valence-corrected chi connectivity index (χ0v) is 10.1. The van der Waals surface area contributed by atoms with Gasteiger partial charge in [0.2, 0.25) is 0 Å². The van der Waals surface area contributed by atoms with Crippen molar-refractivity contribution in [2.75, 3.05) is 5.32 Å². The van der Waals surface area contributed by atoms with Crippen molar-refractivity contribution < 1.29 is 17.6 Å².